The largest absolute Gasteiger partial charge is 0.497 e. The van der Waals surface area contributed by atoms with Gasteiger partial charge in [0.25, 0.3) is 0 Å². The number of rotatable bonds is 5. The summed E-state index contributed by atoms with van der Waals surface area (Å²) < 4.78 is 8.11. The summed E-state index contributed by atoms with van der Waals surface area (Å²) in [6.07, 6.45) is 2.74. The Labute approximate surface area is 127 Å². The molecule has 0 aliphatic rings. The molecule has 1 atom stereocenters. The van der Waals surface area contributed by atoms with Gasteiger partial charge < -0.3 is 4.74 Å². The minimum atomic E-state index is 0.00658. The van der Waals surface area contributed by atoms with E-state index in [0.29, 0.717) is 0 Å². The van der Waals surface area contributed by atoms with Gasteiger partial charge in [-0.05, 0) is 37.1 Å². The van der Waals surface area contributed by atoms with E-state index in [1.54, 1.807) is 11.8 Å². The summed E-state index contributed by atoms with van der Waals surface area (Å²) in [5.74, 6) is 6.55. The van der Waals surface area contributed by atoms with Crippen LogP contribution in [0.15, 0.2) is 28.9 Å². The van der Waals surface area contributed by atoms with E-state index in [-0.39, 0.29) is 6.04 Å². The fourth-order valence-electron chi connectivity index (χ4n) is 2.27. The fraction of sp³-hybridized carbons (Fsp3) is 0.357. The van der Waals surface area contributed by atoms with Crippen molar-refractivity contribution in [2.75, 3.05) is 7.11 Å². The first-order chi connectivity index (χ1) is 9.55. The number of aryl methyl sites for hydroxylation is 2. The highest BCUT2D eigenvalue weighted by atomic mass is 79.9. The fourth-order valence-corrected chi connectivity index (χ4v) is 2.68. The highest BCUT2D eigenvalue weighted by Gasteiger charge is 2.17. The quantitative estimate of drug-likeness (QED) is 0.648. The van der Waals surface area contributed by atoms with E-state index >= 15 is 0 Å². The van der Waals surface area contributed by atoms with Crippen molar-refractivity contribution in [1.29, 1.82) is 0 Å². The van der Waals surface area contributed by atoms with E-state index in [1.807, 2.05) is 38.4 Å². The van der Waals surface area contributed by atoms with Crippen LogP contribution in [0.25, 0.3) is 0 Å². The molecule has 1 aromatic carbocycles. The van der Waals surface area contributed by atoms with Crippen LogP contribution in [0.1, 0.15) is 22.9 Å². The molecule has 0 saturated carbocycles. The van der Waals surface area contributed by atoms with Crippen LogP contribution in [0, 0.1) is 6.92 Å². The molecular formula is C14H19BrN4O. The minimum absolute atomic E-state index is 0.00658. The normalized spacial score (nSPS) is 12.4. The molecule has 0 radical (unpaired) electrons. The van der Waals surface area contributed by atoms with E-state index in [9.17, 15) is 0 Å². The zero-order valence-electron chi connectivity index (χ0n) is 11.9. The summed E-state index contributed by atoms with van der Waals surface area (Å²) >= 11 is 3.57. The summed E-state index contributed by atoms with van der Waals surface area (Å²) in [6, 6.07) is 5.93. The highest BCUT2D eigenvalue weighted by Crippen LogP contribution is 2.28. The zero-order chi connectivity index (χ0) is 14.7. The smallest absolute Gasteiger partial charge is 0.119 e. The molecule has 6 heteroatoms. The van der Waals surface area contributed by atoms with Crippen molar-refractivity contribution >= 4 is 15.9 Å². The number of nitrogens with two attached hydrogens (primary N) is 1. The van der Waals surface area contributed by atoms with Gasteiger partial charge in [0, 0.05) is 23.3 Å². The Balaban J connectivity index is 2.28. The molecule has 0 aliphatic heterocycles. The second kappa shape index (κ2) is 6.39. The predicted molar refractivity (Wildman–Crippen MR) is 82.4 cm³/mol. The van der Waals surface area contributed by atoms with E-state index in [2.05, 4.69) is 26.5 Å². The van der Waals surface area contributed by atoms with Crippen molar-refractivity contribution < 1.29 is 4.74 Å². The maximum absolute atomic E-state index is 5.72. The Morgan fingerprint density at radius 1 is 1.50 bits per heavy atom. The molecule has 1 unspecified atom stereocenters. The molecule has 0 amide bonds. The molecular weight excluding hydrogens is 320 g/mol. The first kappa shape index (κ1) is 15.0. The lowest BCUT2D eigenvalue weighted by molar-refractivity contribution is 0.413. The number of hydrogen-bond acceptors (Lipinski definition) is 4. The van der Waals surface area contributed by atoms with Crippen molar-refractivity contribution in [2.45, 2.75) is 19.4 Å². The number of ether oxygens (including phenoxy) is 1. The number of nitrogens with zero attached hydrogens (tertiary/aromatic N) is 2. The zero-order valence-corrected chi connectivity index (χ0v) is 13.4. The third-order valence-corrected chi connectivity index (χ3v) is 4.08. The second-order valence-electron chi connectivity index (χ2n) is 4.72. The Kier molecular flexibility index (Phi) is 4.80. The summed E-state index contributed by atoms with van der Waals surface area (Å²) in [7, 11) is 3.57. The molecule has 2 aromatic rings. The van der Waals surface area contributed by atoms with Crippen molar-refractivity contribution in [3.05, 3.63) is 45.7 Å². The van der Waals surface area contributed by atoms with Gasteiger partial charge in [-0.2, -0.15) is 5.10 Å². The first-order valence-corrected chi connectivity index (χ1v) is 7.13. The number of aromatic nitrogens is 2. The summed E-state index contributed by atoms with van der Waals surface area (Å²) in [6.45, 7) is 1.99. The monoisotopic (exact) mass is 338 g/mol. The molecule has 3 N–H and O–H groups in total. The van der Waals surface area contributed by atoms with Crippen molar-refractivity contribution in [3.63, 3.8) is 0 Å². The summed E-state index contributed by atoms with van der Waals surface area (Å²) in [5.41, 5.74) is 6.09. The van der Waals surface area contributed by atoms with Gasteiger partial charge in [-0.1, -0.05) is 15.9 Å². The predicted octanol–water partition coefficient (Wildman–Crippen LogP) is 2.25. The molecule has 0 bridgehead atoms. The SMILES string of the molecule is COc1ccc(Br)c(CC(NN)c2cn(C)nc2C)c1. The summed E-state index contributed by atoms with van der Waals surface area (Å²) in [5, 5.41) is 4.36. The number of methoxy groups -OCH3 is 1. The van der Waals surface area contributed by atoms with Gasteiger partial charge in [-0.3, -0.25) is 16.0 Å². The minimum Gasteiger partial charge on any atom is -0.497 e. The average Bonchev–Trinajstić information content (AvgIpc) is 2.76. The summed E-state index contributed by atoms with van der Waals surface area (Å²) in [4.78, 5) is 0. The first-order valence-electron chi connectivity index (χ1n) is 6.33. The van der Waals surface area contributed by atoms with Crippen LogP contribution in [0.4, 0.5) is 0 Å². The third kappa shape index (κ3) is 3.20. The lowest BCUT2D eigenvalue weighted by Crippen LogP contribution is -2.30. The number of nitrogens with one attached hydrogen (secondary N) is 1. The molecule has 0 spiro atoms. The number of benzene rings is 1. The number of hydrazine groups is 1. The van der Waals surface area contributed by atoms with Gasteiger partial charge in [-0.25, -0.2) is 0 Å². The Morgan fingerprint density at radius 2 is 2.25 bits per heavy atom. The van der Waals surface area contributed by atoms with Crippen LogP contribution in [0.2, 0.25) is 0 Å². The Hall–Kier alpha value is -1.37. The van der Waals surface area contributed by atoms with E-state index in [4.69, 9.17) is 10.6 Å². The van der Waals surface area contributed by atoms with Crippen LogP contribution < -0.4 is 16.0 Å². The highest BCUT2D eigenvalue weighted by molar-refractivity contribution is 9.10. The third-order valence-electron chi connectivity index (χ3n) is 3.30. The van der Waals surface area contributed by atoms with Crippen LogP contribution in [0.5, 0.6) is 5.75 Å². The lowest BCUT2D eigenvalue weighted by atomic mass is 10.00. The molecule has 0 fully saturated rings. The molecule has 108 valence electrons. The molecule has 2 rings (SSSR count). The van der Waals surface area contributed by atoms with Crippen LogP contribution in [-0.4, -0.2) is 16.9 Å². The van der Waals surface area contributed by atoms with Crippen molar-refractivity contribution in [3.8, 4) is 5.75 Å². The van der Waals surface area contributed by atoms with Gasteiger partial charge in [-0.15, -0.1) is 0 Å². The van der Waals surface area contributed by atoms with Crippen LogP contribution in [0.3, 0.4) is 0 Å². The number of halogens is 1. The Morgan fingerprint density at radius 3 is 2.80 bits per heavy atom. The van der Waals surface area contributed by atoms with E-state index in [0.717, 1.165) is 33.5 Å². The van der Waals surface area contributed by atoms with Crippen LogP contribution >= 0.6 is 15.9 Å². The second-order valence-corrected chi connectivity index (χ2v) is 5.58. The average molecular weight is 339 g/mol. The molecule has 0 saturated heterocycles. The van der Waals surface area contributed by atoms with Gasteiger partial charge in [0.1, 0.15) is 5.75 Å². The molecule has 5 nitrogen and oxygen atoms in total. The Bertz CT molecular complexity index is 597. The molecule has 0 aliphatic carbocycles. The molecule has 20 heavy (non-hydrogen) atoms. The van der Waals surface area contributed by atoms with Gasteiger partial charge in [0.15, 0.2) is 0 Å². The topological polar surface area (TPSA) is 65.1 Å². The van der Waals surface area contributed by atoms with Gasteiger partial charge >= 0.3 is 0 Å². The van der Waals surface area contributed by atoms with Crippen molar-refractivity contribution in [2.24, 2.45) is 12.9 Å². The molecule has 1 heterocycles. The number of hydrogen-bond donors (Lipinski definition) is 2. The molecule has 1 aromatic heterocycles. The maximum atomic E-state index is 5.72. The standard InChI is InChI=1S/C14H19BrN4O/c1-9-12(8-19(2)18-9)14(17-16)7-10-6-11(20-3)4-5-13(10)15/h4-6,8,14,17H,7,16H2,1-3H3. The van der Waals surface area contributed by atoms with Crippen molar-refractivity contribution in [1.82, 2.24) is 15.2 Å². The van der Waals surface area contributed by atoms with Gasteiger partial charge in [0.2, 0.25) is 0 Å². The van der Waals surface area contributed by atoms with Crippen LogP contribution in [-0.2, 0) is 13.5 Å². The lowest BCUT2D eigenvalue weighted by Gasteiger charge is -2.17. The maximum Gasteiger partial charge on any atom is 0.119 e. The van der Waals surface area contributed by atoms with E-state index in [1.165, 1.54) is 0 Å². The van der Waals surface area contributed by atoms with Gasteiger partial charge in [0.05, 0.1) is 18.8 Å². The van der Waals surface area contributed by atoms with E-state index < -0.39 is 0 Å².